The minimum atomic E-state index is -0.251. The predicted octanol–water partition coefficient (Wildman–Crippen LogP) is 4.79. The topological polar surface area (TPSA) is 69.0 Å². The van der Waals surface area contributed by atoms with E-state index >= 15 is 0 Å². The summed E-state index contributed by atoms with van der Waals surface area (Å²) in [5.41, 5.74) is 2.94. The number of anilines is 1. The summed E-state index contributed by atoms with van der Waals surface area (Å²) in [6.07, 6.45) is -0.251. The summed E-state index contributed by atoms with van der Waals surface area (Å²) in [6.45, 7) is 8.68. The molecule has 29 heavy (non-hydrogen) atoms. The van der Waals surface area contributed by atoms with Gasteiger partial charge >= 0.3 is 0 Å². The van der Waals surface area contributed by atoms with Crippen LogP contribution in [0.3, 0.4) is 0 Å². The van der Waals surface area contributed by atoms with Crippen LogP contribution in [0.2, 0.25) is 0 Å². The Kier molecular flexibility index (Phi) is 6.93. The van der Waals surface area contributed by atoms with Gasteiger partial charge in [0, 0.05) is 12.2 Å². The maximum Gasteiger partial charge on any atom is 0.234 e. The molecule has 152 valence electrons. The first kappa shape index (κ1) is 20.9. The minimum Gasteiger partial charge on any atom is -0.482 e. The van der Waals surface area contributed by atoms with E-state index in [0.717, 1.165) is 28.4 Å². The van der Waals surface area contributed by atoms with E-state index in [-0.39, 0.29) is 17.8 Å². The highest BCUT2D eigenvalue weighted by Crippen LogP contribution is 2.26. The first-order chi connectivity index (χ1) is 14.0. The molecular formula is C22H26N4O2S. The number of ether oxygens (including phenoxy) is 1. The van der Waals surface area contributed by atoms with Crippen molar-refractivity contribution in [3.05, 3.63) is 65.5 Å². The molecule has 1 atom stereocenters. The molecule has 0 aliphatic heterocycles. The zero-order valence-electron chi connectivity index (χ0n) is 17.2. The SMILES string of the molecule is CCn1c(SCC(=O)Nc2ccccc2C)nnc1C(C)Oc1ccccc1C. The lowest BCUT2D eigenvalue weighted by molar-refractivity contribution is -0.113. The maximum absolute atomic E-state index is 12.3. The van der Waals surface area contributed by atoms with Gasteiger partial charge in [0.2, 0.25) is 5.91 Å². The molecule has 0 radical (unpaired) electrons. The van der Waals surface area contributed by atoms with E-state index in [1.807, 2.05) is 80.8 Å². The first-order valence-electron chi connectivity index (χ1n) is 9.63. The molecule has 0 aliphatic rings. The Hall–Kier alpha value is -2.80. The van der Waals surface area contributed by atoms with Gasteiger partial charge in [-0.2, -0.15) is 0 Å². The molecule has 0 fully saturated rings. The Morgan fingerprint density at radius 3 is 2.48 bits per heavy atom. The van der Waals surface area contributed by atoms with Gasteiger partial charge in [0.1, 0.15) is 5.75 Å². The molecule has 0 bridgehead atoms. The summed E-state index contributed by atoms with van der Waals surface area (Å²) in [5.74, 6) is 1.77. The van der Waals surface area contributed by atoms with E-state index in [0.29, 0.717) is 11.7 Å². The smallest absolute Gasteiger partial charge is 0.234 e. The Labute approximate surface area is 175 Å². The van der Waals surface area contributed by atoms with E-state index in [1.165, 1.54) is 11.8 Å². The van der Waals surface area contributed by atoms with Crippen LogP contribution < -0.4 is 10.1 Å². The van der Waals surface area contributed by atoms with E-state index in [2.05, 4.69) is 15.5 Å². The first-order valence-corrected chi connectivity index (χ1v) is 10.6. The molecule has 1 unspecified atom stereocenters. The number of aromatic nitrogens is 3. The Morgan fingerprint density at radius 2 is 1.79 bits per heavy atom. The lowest BCUT2D eigenvalue weighted by Crippen LogP contribution is -2.16. The van der Waals surface area contributed by atoms with Crippen molar-refractivity contribution < 1.29 is 9.53 Å². The van der Waals surface area contributed by atoms with E-state index < -0.39 is 0 Å². The van der Waals surface area contributed by atoms with Crippen LogP contribution in [0.4, 0.5) is 5.69 Å². The standard InChI is InChI=1S/C22H26N4O2S/c1-5-26-21(17(4)28-19-13-9-7-11-16(19)3)24-25-22(26)29-14-20(27)23-18-12-8-6-10-15(18)2/h6-13,17H,5,14H2,1-4H3,(H,23,27). The monoisotopic (exact) mass is 410 g/mol. The summed E-state index contributed by atoms with van der Waals surface area (Å²) in [6, 6.07) is 15.6. The number of benzene rings is 2. The number of carbonyl (C=O) groups is 1. The molecule has 0 saturated carbocycles. The second-order valence-electron chi connectivity index (χ2n) is 6.76. The highest BCUT2D eigenvalue weighted by molar-refractivity contribution is 7.99. The van der Waals surface area contributed by atoms with Crippen molar-refractivity contribution in [3.8, 4) is 5.75 Å². The quantitative estimate of drug-likeness (QED) is 0.541. The van der Waals surface area contributed by atoms with Gasteiger partial charge in [-0.3, -0.25) is 4.79 Å². The average molecular weight is 411 g/mol. The van der Waals surface area contributed by atoms with Gasteiger partial charge in [-0.1, -0.05) is 48.2 Å². The number of hydrogen-bond acceptors (Lipinski definition) is 5. The van der Waals surface area contributed by atoms with Crippen molar-refractivity contribution in [1.82, 2.24) is 14.8 Å². The average Bonchev–Trinajstić information content (AvgIpc) is 3.13. The molecule has 1 heterocycles. The molecule has 1 N–H and O–H groups in total. The van der Waals surface area contributed by atoms with Crippen molar-refractivity contribution in [3.63, 3.8) is 0 Å². The number of amides is 1. The summed E-state index contributed by atoms with van der Waals surface area (Å²) < 4.78 is 8.09. The minimum absolute atomic E-state index is 0.0688. The fourth-order valence-corrected chi connectivity index (χ4v) is 3.78. The second-order valence-corrected chi connectivity index (χ2v) is 7.70. The van der Waals surface area contributed by atoms with Gasteiger partial charge in [0.25, 0.3) is 0 Å². The maximum atomic E-state index is 12.3. The van der Waals surface area contributed by atoms with E-state index in [1.54, 1.807) is 0 Å². The summed E-state index contributed by atoms with van der Waals surface area (Å²) in [5, 5.41) is 12.3. The number of thioether (sulfide) groups is 1. The zero-order chi connectivity index (χ0) is 20.8. The molecule has 0 saturated heterocycles. The van der Waals surface area contributed by atoms with Crippen LogP contribution in [-0.4, -0.2) is 26.4 Å². The lowest BCUT2D eigenvalue weighted by atomic mass is 10.2. The fraction of sp³-hybridized carbons (Fsp3) is 0.318. The van der Waals surface area contributed by atoms with Crippen LogP contribution in [0.5, 0.6) is 5.75 Å². The number of nitrogens with one attached hydrogen (secondary N) is 1. The molecule has 6 nitrogen and oxygen atoms in total. The number of aryl methyl sites for hydroxylation is 2. The van der Waals surface area contributed by atoms with Crippen LogP contribution >= 0.6 is 11.8 Å². The predicted molar refractivity (Wildman–Crippen MR) is 116 cm³/mol. The number of nitrogens with zero attached hydrogens (tertiary/aromatic N) is 3. The van der Waals surface area contributed by atoms with Crippen molar-refractivity contribution in [1.29, 1.82) is 0 Å². The third-order valence-electron chi connectivity index (χ3n) is 4.57. The third-order valence-corrected chi connectivity index (χ3v) is 5.54. The van der Waals surface area contributed by atoms with Gasteiger partial charge in [-0.05, 0) is 51.0 Å². The molecular weight excluding hydrogens is 384 g/mol. The molecule has 2 aromatic carbocycles. The van der Waals surface area contributed by atoms with Gasteiger partial charge < -0.3 is 14.6 Å². The summed E-state index contributed by atoms with van der Waals surface area (Å²) in [4.78, 5) is 12.3. The second kappa shape index (κ2) is 9.60. The highest BCUT2D eigenvalue weighted by Gasteiger charge is 2.20. The third kappa shape index (κ3) is 5.17. The Balaban J connectivity index is 1.65. The van der Waals surface area contributed by atoms with Crippen molar-refractivity contribution in [2.45, 2.75) is 45.5 Å². The van der Waals surface area contributed by atoms with Crippen LogP contribution in [0.25, 0.3) is 0 Å². The Morgan fingerprint density at radius 1 is 1.10 bits per heavy atom. The summed E-state index contributed by atoms with van der Waals surface area (Å²) >= 11 is 1.37. The van der Waals surface area contributed by atoms with E-state index in [9.17, 15) is 4.79 Å². The van der Waals surface area contributed by atoms with Crippen LogP contribution in [0, 0.1) is 13.8 Å². The number of rotatable bonds is 8. The van der Waals surface area contributed by atoms with Crippen molar-refractivity contribution in [2.75, 3.05) is 11.1 Å². The molecule has 7 heteroatoms. The summed E-state index contributed by atoms with van der Waals surface area (Å²) in [7, 11) is 0. The number of para-hydroxylation sites is 2. The molecule has 3 aromatic rings. The lowest BCUT2D eigenvalue weighted by Gasteiger charge is -2.17. The van der Waals surface area contributed by atoms with Crippen molar-refractivity contribution in [2.24, 2.45) is 0 Å². The fourth-order valence-electron chi connectivity index (χ4n) is 2.97. The van der Waals surface area contributed by atoms with E-state index in [4.69, 9.17) is 4.74 Å². The van der Waals surface area contributed by atoms with Crippen LogP contribution in [-0.2, 0) is 11.3 Å². The highest BCUT2D eigenvalue weighted by atomic mass is 32.2. The zero-order valence-corrected chi connectivity index (χ0v) is 18.0. The van der Waals surface area contributed by atoms with Gasteiger partial charge in [0.05, 0.1) is 5.75 Å². The van der Waals surface area contributed by atoms with Crippen LogP contribution in [0.1, 0.15) is 36.9 Å². The normalized spacial score (nSPS) is 11.9. The van der Waals surface area contributed by atoms with Gasteiger partial charge in [-0.25, -0.2) is 0 Å². The number of carbonyl (C=O) groups excluding carboxylic acids is 1. The molecule has 1 amide bonds. The largest absolute Gasteiger partial charge is 0.482 e. The van der Waals surface area contributed by atoms with Crippen LogP contribution in [0.15, 0.2) is 53.7 Å². The molecule has 1 aromatic heterocycles. The Bertz CT molecular complexity index is 986. The van der Waals surface area contributed by atoms with Gasteiger partial charge in [0.15, 0.2) is 17.1 Å². The number of hydrogen-bond donors (Lipinski definition) is 1. The molecule has 0 spiro atoms. The van der Waals surface area contributed by atoms with Crippen molar-refractivity contribution >= 4 is 23.4 Å². The molecule has 3 rings (SSSR count). The van der Waals surface area contributed by atoms with Gasteiger partial charge in [-0.15, -0.1) is 10.2 Å². The molecule has 0 aliphatic carbocycles.